The van der Waals surface area contributed by atoms with Gasteiger partial charge in [-0.1, -0.05) is 19.1 Å². The third kappa shape index (κ3) is 5.49. The molecule has 0 aliphatic rings. The highest BCUT2D eigenvalue weighted by molar-refractivity contribution is 7.90. The minimum absolute atomic E-state index is 0.0502. The highest BCUT2D eigenvalue weighted by atomic mass is 32.2. The fraction of sp³-hybridized carbons (Fsp3) is 0.200. The molecule has 3 aromatic rings. The van der Waals surface area contributed by atoms with Crippen LogP contribution in [0.3, 0.4) is 0 Å². The fourth-order valence-corrected chi connectivity index (χ4v) is 3.83. The lowest BCUT2D eigenvalue weighted by molar-refractivity contribution is -0.136. The second-order valence-corrected chi connectivity index (χ2v) is 7.80. The monoisotopic (exact) mass is 419 g/mol. The lowest BCUT2D eigenvalue weighted by Crippen LogP contribution is -2.14. The van der Waals surface area contributed by atoms with Crippen molar-refractivity contribution < 1.29 is 22.7 Å². The van der Waals surface area contributed by atoms with Gasteiger partial charge < -0.3 is 10.4 Å². The summed E-state index contributed by atoms with van der Waals surface area (Å²) in [6.45, 7) is 2.07. The van der Waals surface area contributed by atoms with Gasteiger partial charge in [0.15, 0.2) is 0 Å². The Balaban J connectivity index is 0.000000537. The van der Waals surface area contributed by atoms with Crippen LogP contribution in [0, 0.1) is 5.82 Å². The molecular weight excluding hydrogens is 397 g/mol. The number of hydrogen-bond donors (Lipinski definition) is 2. The normalized spacial score (nSPS) is 10.9. The predicted octanol–water partition coefficient (Wildman–Crippen LogP) is 3.13. The first-order valence-electron chi connectivity index (χ1n) is 8.79. The maximum atomic E-state index is 14.2. The number of pyridine rings is 1. The van der Waals surface area contributed by atoms with Crippen LogP contribution < -0.4 is 5.32 Å². The second kappa shape index (κ2) is 9.94. The summed E-state index contributed by atoms with van der Waals surface area (Å²) in [7, 11) is -2.11. The number of carbonyl (C=O) groups is 1. The van der Waals surface area contributed by atoms with Crippen molar-refractivity contribution in [1.82, 2.24) is 14.3 Å². The summed E-state index contributed by atoms with van der Waals surface area (Å²) in [5.74, 6) is -1.22. The van der Waals surface area contributed by atoms with Gasteiger partial charge in [0.1, 0.15) is 10.7 Å². The molecule has 0 atom stereocenters. The van der Waals surface area contributed by atoms with Crippen LogP contribution in [0.15, 0.2) is 66.0 Å². The summed E-state index contributed by atoms with van der Waals surface area (Å²) in [5, 5.41) is 10.7. The fourth-order valence-electron chi connectivity index (χ4n) is 2.47. The lowest BCUT2D eigenvalue weighted by atomic mass is 10.1. The molecule has 0 radical (unpaired) electrons. The van der Waals surface area contributed by atoms with E-state index in [1.807, 2.05) is 0 Å². The van der Waals surface area contributed by atoms with Crippen molar-refractivity contribution in [3.63, 3.8) is 0 Å². The van der Waals surface area contributed by atoms with Crippen LogP contribution in [0.4, 0.5) is 4.39 Å². The van der Waals surface area contributed by atoms with E-state index in [9.17, 15) is 17.6 Å². The van der Waals surface area contributed by atoms with Gasteiger partial charge in [-0.2, -0.15) is 0 Å². The number of carboxylic acids is 1. The highest BCUT2D eigenvalue weighted by Crippen LogP contribution is 2.28. The Morgan fingerprint density at radius 2 is 1.93 bits per heavy atom. The number of rotatable bonds is 6. The lowest BCUT2D eigenvalue weighted by Gasteiger charge is -2.10. The van der Waals surface area contributed by atoms with E-state index >= 15 is 0 Å². The maximum Gasteiger partial charge on any atom is 0.303 e. The van der Waals surface area contributed by atoms with Crippen molar-refractivity contribution in [2.45, 2.75) is 24.8 Å². The van der Waals surface area contributed by atoms with E-state index in [1.165, 1.54) is 30.7 Å². The van der Waals surface area contributed by atoms with Crippen molar-refractivity contribution in [2.24, 2.45) is 0 Å². The third-order valence-corrected chi connectivity index (χ3v) is 5.52. The van der Waals surface area contributed by atoms with Gasteiger partial charge in [-0.25, -0.2) is 16.8 Å². The van der Waals surface area contributed by atoms with E-state index in [2.05, 4.69) is 10.3 Å². The zero-order valence-corrected chi connectivity index (χ0v) is 16.9. The zero-order valence-electron chi connectivity index (χ0n) is 16.0. The van der Waals surface area contributed by atoms with Crippen molar-refractivity contribution in [2.75, 3.05) is 7.05 Å². The van der Waals surface area contributed by atoms with Gasteiger partial charge in [0.25, 0.3) is 10.0 Å². The number of aromatic nitrogens is 2. The van der Waals surface area contributed by atoms with Gasteiger partial charge in [-0.15, -0.1) is 0 Å². The van der Waals surface area contributed by atoms with E-state index in [-0.39, 0.29) is 22.6 Å². The minimum Gasteiger partial charge on any atom is -0.481 e. The van der Waals surface area contributed by atoms with E-state index in [4.69, 9.17) is 5.11 Å². The molecule has 2 aromatic heterocycles. The Morgan fingerprint density at radius 1 is 1.24 bits per heavy atom. The van der Waals surface area contributed by atoms with Crippen molar-refractivity contribution in [3.8, 4) is 11.3 Å². The smallest absolute Gasteiger partial charge is 0.303 e. The average molecular weight is 419 g/mol. The Morgan fingerprint density at radius 3 is 2.48 bits per heavy atom. The van der Waals surface area contributed by atoms with Gasteiger partial charge in [0.05, 0.1) is 5.69 Å². The quantitative estimate of drug-likeness (QED) is 0.637. The molecule has 0 fully saturated rings. The van der Waals surface area contributed by atoms with Crippen LogP contribution in [0.5, 0.6) is 0 Å². The van der Waals surface area contributed by atoms with E-state index in [0.29, 0.717) is 6.54 Å². The summed E-state index contributed by atoms with van der Waals surface area (Å²) >= 11 is 0. The molecule has 0 amide bonds. The van der Waals surface area contributed by atoms with Crippen LogP contribution in [0.2, 0.25) is 0 Å². The Labute approximate surface area is 168 Å². The first-order chi connectivity index (χ1) is 13.8. The number of hydrogen-bond acceptors (Lipinski definition) is 5. The van der Waals surface area contributed by atoms with Crippen LogP contribution in [-0.4, -0.2) is 35.5 Å². The Kier molecular flexibility index (Phi) is 7.63. The molecule has 7 nitrogen and oxygen atoms in total. The number of halogens is 1. The first-order valence-corrected chi connectivity index (χ1v) is 10.2. The van der Waals surface area contributed by atoms with Gasteiger partial charge >= 0.3 is 5.97 Å². The summed E-state index contributed by atoms with van der Waals surface area (Å²) in [6.07, 6.45) is 4.50. The van der Waals surface area contributed by atoms with E-state index in [1.54, 1.807) is 44.3 Å². The van der Waals surface area contributed by atoms with Crippen molar-refractivity contribution in [1.29, 1.82) is 0 Å². The van der Waals surface area contributed by atoms with Crippen LogP contribution in [0.1, 0.15) is 18.9 Å². The molecule has 0 bridgehead atoms. The van der Waals surface area contributed by atoms with Crippen LogP contribution in [-0.2, 0) is 21.4 Å². The molecule has 9 heteroatoms. The predicted molar refractivity (Wildman–Crippen MR) is 107 cm³/mol. The largest absolute Gasteiger partial charge is 0.481 e. The number of benzene rings is 1. The summed E-state index contributed by atoms with van der Waals surface area (Å²) in [4.78, 5) is 13.3. The molecule has 0 saturated carbocycles. The van der Waals surface area contributed by atoms with Gasteiger partial charge in [0.2, 0.25) is 0 Å². The number of nitrogens with one attached hydrogen (secondary N) is 1. The number of carboxylic acid groups (broad SMARTS) is 1. The molecule has 29 heavy (non-hydrogen) atoms. The summed E-state index contributed by atoms with van der Waals surface area (Å²) in [5.41, 5.74) is 1.25. The molecular formula is C20H22FN3O4S. The Bertz CT molecular complexity index is 1070. The van der Waals surface area contributed by atoms with Gasteiger partial charge in [0, 0.05) is 37.1 Å². The molecule has 1 aromatic carbocycles. The SMILES string of the molecule is CCC(=O)O.CNCc1cc(-c2ccccc2F)n(S(=O)(=O)c2cccnc2)c1. The molecule has 2 N–H and O–H groups in total. The molecule has 2 heterocycles. The third-order valence-electron chi connectivity index (χ3n) is 3.87. The molecule has 0 saturated heterocycles. The minimum atomic E-state index is -3.87. The van der Waals surface area contributed by atoms with Crippen molar-refractivity contribution >= 4 is 16.0 Å². The molecule has 0 spiro atoms. The van der Waals surface area contributed by atoms with Gasteiger partial charge in [-0.3, -0.25) is 9.78 Å². The topological polar surface area (TPSA) is 101 Å². The standard InChI is InChI=1S/C17H16FN3O2S.C3H6O2/c1-19-10-13-9-17(15-6-2-3-7-16(15)18)21(12-13)24(22,23)14-5-4-8-20-11-14;1-2-3(4)5/h2-9,11-12,19H,10H2,1H3;2H2,1H3,(H,4,5). The number of nitrogens with zero attached hydrogens (tertiary/aromatic N) is 2. The number of aliphatic carboxylic acids is 1. The first kappa shape index (κ1) is 22.3. The van der Waals surface area contributed by atoms with Crippen LogP contribution >= 0.6 is 0 Å². The Hall–Kier alpha value is -3.04. The zero-order chi connectivity index (χ0) is 21.4. The average Bonchev–Trinajstić information content (AvgIpc) is 3.14. The maximum absolute atomic E-state index is 14.2. The molecule has 0 unspecified atom stereocenters. The molecule has 154 valence electrons. The van der Waals surface area contributed by atoms with E-state index in [0.717, 1.165) is 9.54 Å². The van der Waals surface area contributed by atoms with E-state index < -0.39 is 21.8 Å². The molecule has 3 rings (SSSR count). The molecule has 0 aliphatic carbocycles. The van der Waals surface area contributed by atoms with Crippen molar-refractivity contribution in [3.05, 3.63) is 72.4 Å². The van der Waals surface area contributed by atoms with Gasteiger partial charge in [-0.05, 0) is 42.9 Å². The summed E-state index contributed by atoms with van der Waals surface area (Å²) < 4.78 is 41.2. The molecule has 0 aliphatic heterocycles. The summed E-state index contributed by atoms with van der Waals surface area (Å²) in [6, 6.07) is 10.8. The van der Waals surface area contributed by atoms with Crippen LogP contribution in [0.25, 0.3) is 11.3 Å². The second-order valence-electron chi connectivity index (χ2n) is 5.98. The highest BCUT2D eigenvalue weighted by Gasteiger charge is 2.23.